The molecule has 3 aromatic rings. The smallest absolute Gasteiger partial charge is 0.415 e. The quantitative estimate of drug-likeness (QED) is 0.710. The number of benzene rings is 1. The molecule has 5 rings (SSSR count). The Bertz CT molecular complexity index is 1110. The SMILES string of the molecule is Cn1nnc(-c2ccc(-c3ccc4c(c3)C[C@H]3C(C(N)=O)OC(=O)N43)cn2)n1. The van der Waals surface area contributed by atoms with Crippen molar-refractivity contribution in [2.45, 2.75) is 18.6 Å². The Hall–Kier alpha value is -3.82. The molecule has 0 saturated carbocycles. The minimum Gasteiger partial charge on any atom is -0.433 e. The number of amides is 2. The molecule has 28 heavy (non-hydrogen) atoms. The second-order valence-corrected chi connectivity index (χ2v) is 6.73. The van der Waals surface area contributed by atoms with Crippen LogP contribution in [0.25, 0.3) is 22.6 Å². The second kappa shape index (κ2) is 5.84. The molecule has 0 aliphatic carbocycles. The molecule has 10 nitrogen and oxygen atoms in total. The van der Waals surface area contributed by atoms with Crippen LogP contribution in [0, 0.1) is 0 Å². The Balaban J connectivity index is 1.45. The maximum Gasteiger partial charge on any atom is 0.415 e. The molecule has 0 bridgehead atoms. The van der Waals surface area contributed by atoms with Crippen LogP contribution in [0.5, 0.6) is 0 Å². The highest BCUT2D eigenvalue weighted by Crippen LogP contribution is 2.40. The third-order valence-corrected chi connectivity index (χ3v) is 4.99. The van der Waals surface area contributed by atoms with Gasteiger partial charge in [0.2, 0.25) is 11.9 Å². The van der Waals surface area contributed by atoms with Crippen molar-refractivity contribution in [3.05, 3.63) is 42.1 Å². The molecule has 4 heterocycles. The first kappa shape index (κ1) is 16.4. The maximum atomic E-state index is 12.1. The molecule has 0 radical (unpaired) electrons. The number of rotatable bonds is 3. The molecule has 2 aliphatic heterocycles. The number of primary amides is 1. The van der Waals surface area contributed by atoms with Crippen LogP contribution in [0.4, 0.5) is 10.5 Å². The van der Waals surface area contributed by atoms with E-state index < -0.39 is 24.1 Å². The van der Waals surface area contributed by atoms with Gasteiger partial charge < -0.3 is 10.5 Å². The molecular weight excluding hydrogens is 362 g/mol. The number of aryl methyl sites for hydroxylation is 1. The van der Waals surface area contributed by atoms with E-state index in [9.17, 15) is 9.59 Å². The summed E-state index contributed by atoms with van der Waals surface area (Å²) in [6.45, 7) is 0. The van der Waals surface area contributed by atoms with Gasteiger partial charge in [-0.25, -0.2) is 4.79 Å². The van der Waals surface area contributed by atoms with E-state index in [0.29, 0.717) is 17.9 Å². The number of ether oxygens (including phenoxy) is 1. The maximum absolute atomic E-state index is 12.1. The van der Waals surface area contributed by atoms with Gasteiger partial charge in [-0.15, -0.1) is 10.2 Å². The summed E-state index contributed by atoms with van der Waals surface area (Å²) in [5.74, 6) is -0.175. The first-order chi connectivity index (χ1) is 13.5. The van der Waals surface area contributed by atoms with E-state index in [4.69, 9.17) is 10.5 Å². The van der Waals surface area contributed by atoms with Crippen molar-refractivity contribution in [3.8, 4) is 22.6 Å². The molecule has 1 saturated heterocycles. The molecule has 10 heteroatoms. The average Bonchev–Trinajstić information content (AvgIpc) is 3.36. The molecular formula is C18H15N7O3. The molecule has 1 fully saturated rings. The fourth-order valence-corrected chi connectivity index (χ4v) is 3.71. The predicted octanol–water partition coefficient (Wildman–Crippen LogP) is 0.674. The van der Waals surface area contributed by atoms with Gasteiger partial charge in [0, 0.05) is 11.8 Å². The van der Waals surface area contributed by atoms with Crippen LogP contribution in [0.3, 0.4) is 0 Å². The zero-order valence-corrected chi connectivity index (χ0v) is 14.8. The van der Waals surface area contributed by atoms with Crippen molar-refractivity contribution in [1.82, 2.24) is 25.2 Å². The molecule has 140 valence electrons. The summed E-state index contributed by atoms with van der Waals surface area (Å²) in [6, 6.07) is 9.13. The summed E-state index contributed by atoms with van der Waals surface area (Å²) < 4.78 is 5.10. The lowest BCUT2D eigenvalue weighted by atomic mass is 10.0. The number of nitrogens with zero attached hydrogens (tertiary/aromatic N) is 6. The van der Waals surface area contributed by atoms with Crippen LogP contribution in [0.1, 0.15) is 5.56 Å². The van der Waals surface area contributed by atoms with Crippen molar-refractivity contribution < 1.29 is 14.3 Å². The first-order valence-corrected chi connectivity index (χ1v) is 8.64. The minimum atomic E-state index is -0.927. The van der Waals surface area contributed by atoms with Gasteiger partial charge in [0.15, 0.2) is 0 Å². The van der Waals surface area contributed by atoms with Crippen LogP contribution in [0.2, 0.25) is 0 Å². The summed E-state index contributed by atoms with van der Waals surface area (Å²) in [5, 5.41) is 11.9. The van der Waals surface area contributed by atoms with Gasteiger partial charge in [0.05, 0.1) is 18.8 Å². The standard InChI is InChI=1S/C18H15N7O3/c1-24-22-17(21-23-24)12-4-2-10(8-20-12)9-3-5-13-11(6-9)7-14-15(16(19)26)28-18(27)25(13)14/h2-6,8,14-15H,7H2,1H3,(H2,19,26)/t14-,15?/m0/s1. The number of carbonyl (C=O) groups is 2. The number of hydrogen-bond donors (Lipinski definition) is 1. The lowest BCUT2D eigenvalue weighted by Gasteiger charge is -2.14. The van der Waals surface area contributed by atoms with E-state index in [-0.39, 0.29) is 0 Å². The summed E-state index contributed by atoms with van der Waals surface area (Å²) >= 11 is 0. The number of tetrazole rings is 1. The number of carbonyl (C=O) groups excluding carboxylic acids is 2. The van der Waals surface area contributed by atoms with Crippen LogP contribution in [-0.4, -0.2) is 49.3 Å². The highest BCUT2D eigenvalue weighted by atomic mass is 16.6. The van der Waals surface area contributed by atoms with Crippen molar-refractivity contribution in [1.29, 1.82) is 0 Å². The fraction of sp³-hybridized carbons (Fsp3) is 0.222. The minimum absolute atomic E-state index is 0.390. The van der Waals surface area contributed by atoms with Crippen LogP contribution in [-0.2, 0) is 23.0 Å². The van der Waals surface area contributed by atoms with Crippen LogP contribution >= 0.6 is 0 Å². The van der Waals surface area contributed by atoms with Gasteiger partial charge in [-0.1, -0.05) is 12.1 Å². The van der Waals surface area contributed by atoms with E-state index in [2.05, 4.69) is 20.4 Å². The Morgan fingerprint density at radius 1 is 1.25 bits per heavy atom. The third-order valence-electron chi connectivity index (χ3n) is 4.99. The lowest BCUT2D eigenvalue weighted by molar-refractivity contribution is -0.125. The summed E-state index contributed by atoms with van der Waals surface area (Å²) in [6.07, 6.45) is 0.785. The van der Waals surface area contributed by atoms with Gasteiger partial charge in [0.1, 0.15) is 5.69 Å². The normalized spacial score (nSPS) is 20.0. The van der Waals surface area contributed by atoms with E-state index in [0.717, 1.165) is 22.4 Å². The zero-order chi connectivity index (χ0) is 19.4. The number of anilines is 1. The van der Waals surface area contributed by atoms with Crippen molar-refractivity contribution in [2.24, 2.45) is 12.8 Å². The lowest BCUT2D eigenvalue weighted by Crippen LogP contribution is -2.40. The number of pyridine rings is 1. The molecule has 2 amide bonds. The average molecular weight is 377 g/mol. The topological polar surface area (TPSA) is 129 Å². The van der Waals surface area contributed by atoms with Crippen LogP contribution in [0.15, 0.2) is 36.5 Å². The zero-order valence-electron chi connectivity index (χ0n) is 14.8. The molecule has 0 spiro atoms. The largest absolute Gasteiger partial charge is 0.433 e. The summed E-state index contributed by atoms with van der Waals surface area (Å²) in [5.41, 5.74) is 9.57. The number of hydrogen-bond acceptors (Lipinski definition) is 7. The second-order valence-electron chi connectivity index (χ2n) is 6.73. The summed E-state index contributed by atoms with van der Waals surface area (Å²) in [4.78, 5) is 31.0. The van der Waals surface area contributed by atoms with Gasteiger partial charge >= 0.3 is 6.09 Å². The Morgan fingerprint density at radius 2 is 2.07 bits per heavy atom. The van der Waals surface area contributed by atoms with Crippen LogP contribution < -0.4 is 10.6 Å². The predicted molar refractivity (Wildman–Crippen MR) is 96.9 cm³/mol. The molecule has 2 aliphatic rings. The molecule has 2 atom stereocenters. The van der Waals surface area contributed by atoms with Gasteiger partial charge in [-0.3, -0.25) is 14.7 Å². The number of fused-ring (bicyclic) bond motifs is 3. The van der Waals surface area contributed by atoms with Gasteiger partial charge in [-0.05, 0) is 41.0 Å². The Morgan fingerprint density at radius 3 is 2.75 bits per heavy atom. The van der Waals surface area contributed by atoms with E-state index in [1.54, 1.807) is 13.2 Å². The highest BCUT2D eigenvalue weighted by Gasteiger charge is 2.49. The third kappa shape index (κ3) is 2.42. The Kier molecular flexibility index (Phi) is 3.41. The number of aromatic nitrogens is 5. The monoisotopic (exact) mass is 377 g/mol. The molecule has 2 N–H and O–H groups in total. The number of cyclic esters (lactones) is 1. The number of nitrogens with two attached hydrogens (primary N) is 1. The molecule has 2 aromatic heterocycles. The highest BCUT2D eigenvalue weighted by molar-refractivity contribution is 5.99. The van der Waals surface area contributed by atoms with Crippen molar-refractivity contribution in [2.75, 3.05) is 4.90 Å². The van der Waals surface area contributed by atoms with Crippen molar-refractivity contribution in [3.63, 3.8) is 0 Å². The van der Waals surface area contributed by atoms with Crippen molar-refractivity contribution >= 4 is 17.7 Å². The fourth-order valence-electron chi connectivity index (χ4n) is 3.71. The first-order valence-electron chi connectivity index (χ1n) is 8.64. The Labute approximate surface area is 158 Å². The summed E-state index contributed by atoms with van der Waals surface area (Å²) in [7, 11) is 1.69. The van der Waals surface area contributed by atoms with E-state index >= 15 is 0 Å². The van der Waals surface area contributed by atoms with Gasteiger partial charge in [-0.2, -0.15) is 4.80 Å². The molecule has 1 unspecified atom stereocenters. The van der Waals surface area contributed by atoms with E-state index in [1.165, 1.54) is 9.70 Å². The van der Waals surface area contributed by atoms with E-state index in [1.807, 2.05) is 30.3 Å². The molecule has 1 aromatic carbocycles. The van der Waals surface area contributed by atoms with Gasteiger partial charge in [0.25, 0.3) is 5.91 Å².